The van der Waals surface area contributed by atoms with Gasteiger partial charge >= 0.3 is 0 Å². The van der Waals surface area contributed by atoms with Crippen LogP contribution in [0, 0.1) is 0 Å². The molecule has 0 spiro atoms. The molecule has 0 aliphatic carbocycles. The zero-order chi connectivity index (χ0) is 27.9. The molecule has 0 aliphatic heterocycles. The Morgan fingerprint density at radius 2 is 1.25 bits per heavy atom. The second-order valence-corrected chi connectivity index (χ2v) is 9.47. The summed E-state index contributed by atoms with van der Waals surface area (Å²) in [5, 5.41) is 29.7. The maximum Gasteiger partial charge on any atom is 0.229 e. The first-order valence-corrected chi connectivity index (χ1v) is 13.7. The Kier molecular flexibility index (Phi) is 8.59. The molecule has 0 unspecified atom stereocenters. The minimum Gasteiger partial charge on any atom is -0.395 e. The molecule has 8 nitrogen and oxygen atoms in total. The summed E-state index contributed by atoms with van der Waals surface area (Å²) in [7, 11) is 0. The van der Waals surface area contributed by atoms with Crippen molar-refractivity contribution in [1.29, 1.82) is 0 Å². The van der Waals surface area contributed by atoms with Crippen molar-refractivity contribution in [2.75, 3.05) is 49.2 Å². The van der Waals surface area contributed by atoms with Gasteiger partial charge < -0.3 is 20.0 Å². The first kappa shape index (κ1) is 27.2. The molecule has 5 aromatic rings. The van der Waals surface area contributed by atoms with Gasteiger partial charge in [-0.2, -0.15) is 14.8 Å². The Hall–Kier alpha value is -4.40. The maximum atomic E-state index is 9.31. The summed E-state index contributed by atoms with van der Waals surface area (Å²) in [4.78, 5) is 9.25. The molecule has 0 bridgehead atoms. The Labute approximate surface area is 234 Å². The molecule has 3 aromatic carbocycles. The van der Waals surface area contributed by atoms with Crippen molar-refractivity contribution >= 4 is 44.6 Å². The third-order valence-electron chi connectivity index (χ3n) is 7.05. The topological polar surface area (TPSA) is 88.4 Å². The number of aliphatic hydroxyl groups excluding tert-OH is 2. The third-order valence-corrected chi connectivity index (χ3v) is 7.05. The fraction of sp³-hybridized carbons (Fsp3) is 0.250. The molecule has 0 amide bonds. The van der Waals surface area contributed by atoms with Gasteiger partial charge in [0.15, 0.2) is 12.4 Å². The number of hydrogen-bond acceptors (Lipinski definition) is 7. The highest BCUT2D eigenvalue weighted by molar-refractivity contribution is 6.03. The molecule has 0 aliphatic rings. The van der Waals surface area contributed by atoms with Crippen molar-refractivity contribution in [3.63, 3.8) is 0 Å². The second-order valence-electron chi connectivity index (χ2n) is 9.47. The quantitative estimate of drug-likeness (QED) is 0.128. The van der Waals surface area contributed by atoms with Crippen molar-refractivity contribution in [1.82, 2.24) is 4.98 Å². The molecular formula is C32H35N6O2+. The van der Waals surface area contributed by atoms with E-state index in [-0.39, 0.29) is 13.2 Å². The Morgan fingerprint density at radius 3 is 1.90 bits per heavy atom. The molecule has 2 N–H and O–H groups in total. The monoisotopic (exact) mass is 535 g/mol. The summed E-state index contributed by atoms with van der Waals surface area (Å²) in [6, 6.07) is 26.2. The number of nitrogens with zero attached hydrogens (tertiary/aromatic N) is 6. The van der Waals surface area contributed by atoms with Gasteiger partial charge in [-0.25, -0.2) is 4.98 Å². The lowest BCUT2D eigenvalue weighted by atomic mass is 10.1. The molecule has 40 heavy (non-hydrogen) atoms. The predicted molar refractivity (Wildman–Crippen MR) is 161 cm³/mol. The van der Waals surface area contributed by atoms with Gasteiger partial charge in [-0.05, 0) is 74.5 Å². The first-order chi connectivity index (χ1) is 19.6. The molecular weight excluding hydrogens is 500 g/mol. The standard InChI is InChI=1S/C32H35N6O2/c1-3-36(4-2)27-13-15-31-29(23-27)32(38-16-6-5-7-17-38)28-22-25(10-14-30(28)33-31)35-34-24-8-11-26(12-9-24)37(18-20-39)19-21-40/h5-17,22-23,39-40H,3-4,18-21H2,1-2H3/q+1/b35-34+. The summed E-state index contributed by atoms with van der Waals surface area (Å²) in [6.07, 6.45) is 4.12. The largest absolute Gasteiger partial charge is 0.395 e. The molecule has 2 aromatic heterocycles. The zero-order valence-corrected chi connectivity index (χ0v) is 23.0. The van der Waals surface area contributed by atoms with Crippen LogP contribution in [0.2, 0.25) is 0 Å². The van der Waals surface area contributed by atoms with Crippen LogP contribution in [0.3, 0.4) is 0 Å². The van der Waals surface area contributed by atoms with Crippen LogP contribution in [0.5, 0.6) is 0 Å². The van der Waals surface area contributed by atoms with E-state index in [0.29, 0.717) is 13.1 Å². The third kappa shape index (κ3) is 5.78. The number of anilines is 2. The first-order valence-electron chi connectivity index (χ1n) is 13.7. The van der Waals surface area contributed by atoms with Crippen LogP contribution in [0.1, 0.15) is 13.8 Å². The van der Waals surface area contributed by atoms with E-state index < -0.39 is 0 Å². The highest BCUT2D eigenvalue weighted by atomic mass is 16.3. The van der Waals surface area contributed by atoms with Crippen LogP contribution in [-0.2, 0) is 0 Å². The summed E-state index contributed by atoms with van der Waals surface area (Å²) in [6.45, 7) is 7.17. The van der Waals surface area contributed by atoms with Crippen LogP contribution in [-0.4, -0.2) is 54.6 Å². The molecule has 0 atom stereocenters. The Balaban J connectivity index is 1.56. The molecule has 204 valence electrons. The van der Waals surface area contributed by atoms with E-state index >= 15 is 0 Å². The van der Waals surface area contributed by atoms with E-state index in [2.05, 4.69) is 64.1 Å². The Bertz CT molecular complexity index is 1600. The van der Waals surface area contributed by atoms with E-state index in [1.54, 1.807) is 0 Å². The SMILES string of the molecule is CCN(CC)c1ccc2nc3ccc(/N=N/c4ccc(N(CCO)CCO)cc4)cc3c(-[n+]3ccccc3)c2c1. The molecule has 8 heteroatoms. The average Bonchev–Trinajstić information content (AvgIpc) is 3.00. The van der Waals surface area contributed by atoms with Gasteiger partial charge in [0.25, 0.3) is 0 Å². The van der Waals surface area contributed by atoms with Crippen molar-refractivity contribution < 1.29 is 14.8 Å². The van der Waals surface area contributed by atoms with Gasteiger partial charge in [-0.1, -0.05) is 6.07 Å². The number of azo groups is 1. The van der Waals surface area contributed by atoms with E-state index in [9.17, 15) is 10.2 Å². The number of pyridine rings is 2. The second kappa shape index (κ2) is 12.6. The van der Waals surface area contributed by atoms with Crippen molar-refractivity contribution in [3.05, 3.63) is 91.3 Å². The molecule has 0 fully saturated rings. The number of rotatable bonds is 11. The van der Waals surface area contributed by atoms with E-state index in [1.165, 1.54) is 5.69 Å². The molecule has 5 rings (SSSR count). The van der Waals surface area contributed by atoms with Gasteiger partial charge in [-0.15, -0.1) is 0 Å². The molecule has 0 saturated heterocycles. The predicted octanol–water partition coefficient (Wildman–Crippen LogP) is 5.72. The van der Waals surface area contributed by atoms with Crippen molar-refractivity contribution in [2.45, 2.75) is 13.8 Å². The summed E-state index contributed by atoms with van der Waals surface area (Å²) in [5.74, 6) is 0. The van der Waals surface area contributed by atoms with Crippen molar-refractivity contribution in [2.24, 2.45) is 10.2 Å². The minimum atomic E-state index is 0.0214. The number of benzene rings is 3. The number of fused-ring (bicyclic) bond motifs is 2. The fourth-order valence-corrected chi connectivity index (χ4v) is 5.03. The van der Waals surface area contributed by atoms with Crippen LogP contribution >= 0.6 is 0 Å². The van der Waals surface area contributed by atoms with Crippen LogP contribution < -0.4 is 14.4 Å². The van der Waals surface area contributed by atoms with Gasteiger partial charge in [0, 0.05) is 49.7 Å². The van der Waals surface area contributed by atoms with E-state index in [4.69, 9.17) is 4.98 Å². The lowest BCUT2D eigenvalue weighted by Gasteiger charge is -2.22. The summed E-state index contributed by atoms with van der Waals surface area (Å²) < 4.78 is 2.14. The smallest absolute Gasteiger partial charge is 0.229 e. The van der Waals surface area contributed by atoms with Crippen molar-refractivity contribution in [3.8, 4) is 5.69 Å². The highest BCUT2D eigenvalue weighted by Gasteiger charge is 2.19. The number of hydrogen-bond donors (Lipinski definition) is 2. The summed E-state index contributed by atoms with van der Waals surface area (Å²) in [5.41, 5.74) is 6.44. The number of aliphatic hydroxyl groups is 2. The molecule has 2 heterocycles. The van der Waals surface area contributed by atoms with Gasteiger partial charge in [0.1, 0.15) is 0 Å². The maximum absolute atomic E-state index is 9.31. The minimum absolute atomic E-state index is 0.0214. The van der Waals surface area contributed by atoms with Crippen LogP contribution in [0.25, 0.3) is 27.5 Å². The lowest BCUT2D eigenvalue weighted by molar-refractivity contribution is -0.592. The highest BCUT2D eigenvalue weighted by Crippen LogP contribution is 2.32. The average molecular weight is 536 g/mol. The Morgan fingerprint density at radius 1 is 0.675 bits per heavy atom. The van der Waals surface area contributed by atoms with Gasteiger partial charge in [-0.3, -0.25) is 0 Å². The normalized spacial score (nSPS) is 11.5. The van der Waals surface area contributed by atoms with Crippen LogP contribution in [0.15, 0.2) is 101 Å². The van der Waals surface area contributed by atoms with Gasteiger partial charge in [0.2, 0.25) is 5.69 Å². The summed E-state index contributed by atoms with van der Waals surface area (Å²) >= 11 is 0. The lowest BCUT2D eigenvalue weighted by Crippen LogP contribution is -2.30. The number of aromatic nitrogens is 2. The van der Waals surface area contributed by atoms with Gasteiger partial charge in [0.05, 0.1) is 46.4 Å². The molecule has 0 radical (unpaired) electrons. The fourth-order valence-electron chi connectivity index (χ4n) is 5.03. The van der Waals surface area contributed by atoms with E-state index in [0.717, 1.165) is 57.6 Å². The zero-order valence-electron chi connectivity index (χ0n) is 23.0. The van der Waals surface area contributed by atoms with E-state index in [1.807, 2.05) is 65.6 Å². The molecule has 0 saturated carbocycles. The van der Waals surface area contributed by atoms with Crippen LogP contribution in [0.4, 0.5) is 22.7 Å².